The number of carbonyl (C=O) groups excluding carboxylic acids is 2. The third-order valence-corrected chi connectivity index (χ3v) is 4.19. The van der Waals surface area contributed by atoms with Gasteiger partial charge in [-0.1, -0.05) is 17.7 Å². The van der Waals surface area contributed by atoms with Gasteiger partial charge in [-0.3, -0.25) is 15.3 Å². The Kier molecular flexibility index (Phi) is 9.34. The lowest BCUT2D eigenvalue weighted by Gasteiger charge is -2.19. The van der Waals surface area contributed by atoms with Crippen LogP contribution in [0.3, 0.4) is 0 Å². The molecule has 0 aromatic heterocycles. The molecule has 0 spiro atoms. The van der Waals surface area contributed by atoms with E-state index in [-0.39, 0.29) is 19.6 Å². The number of nitrogens with one attached hydrogen (secondary N) is 2. The molecule has 0 radical (unpaired) electrons. The van der Waals surface area contributed by atoms with Gasteiger partial charge in [-0.2, -0.15) is 0 Å². The highest BCUT2D eigenvalue weighted by Gasteiger charge is 2.18. The van der Waals surface area contributed by atoms with Gasteiger partial charge in [0.1, 0.15) is 24.2 Å². The third-order valence-electron chi connectivity index (χ3n) is 4.19. The lowest BCUT2D eigenvalue weighted by atomic mass is 10.0. The summed E-state index contributed by atoms with van der Waals surface area (Å²) >= 11 is 0. The molecule has 9 heteroatoms. The van der Waals surface area contributed by atoms with Gasteiger partial charge in [-0.25, -0.2) is 10.3 Å². The number of anilines is 1. The minimum atomic E-state index is -0.701. The van der Waals surface area contributed by atoms with Crippen LogP contribution in [0, 0.1) is 0 Å². The second-order valence-corrected chi connectivity index (χ2v) is 6.56. The SMILES string of the molecule is COc1ccc(NC(=O)O[C@@H](C/C(C)=C/C(=O)NO)c2ccc(OCCO)cc2)cc1. The molecule has 9 nitrogen and oxygen atoms in total. The van der Waals surface area contributed by atoms with Crippen molar-refractivity contribution in [2.24, 2.45) is 0 Å². The number of hydrogen-bond donors (Lipinski definition) is 4. The van der Waals surface area contributed by atoms with E-state index in [4.69, 9.17) is 24.5 Å². The summed E-state index contributed by atoms with van der Waals surface area (Å²) in [6.07, 6.45) is 0.0691. The Labute approximate surface area is 180 Å². The first kappa shape index (κ1) is 23.7. The highest BCUT2D eigenvalue weighted by Crippen LogP contribution is 2.27. The van der Waals surface area contributed by atoms with E-state index in [1.54, 1.807) is 62.6 Å². The molecular formula is C22H26N2O7. The molecule has 0 saturated heterocycles. The van der Waals surface area contributed by atoms with Gasteiger partial charge < -0.3 is 19.3 Å². The molecule has 0 unspecified atom stereocenters. The van der Waals surface area contributed by atoms with Crippen LogP contribution < -0.4 is 20.3 Å². The molecule has 2 aromatic rings. The molecule has 2 amide bonds. The van der Waals surface area contributed by atoms with E-state index in [9.17, 15) is 9.59 Å². The fourth-order valence-corrected chi connectivity index (χ4v) is 2.73. The monoisotopic (exact) mass is 430 g/mol. The maximum Gasteiger partial charge on any atom is 0.412 e. The zero-order valence-electron chi connectivity index (χ0n) is 17.3. The normalized spacial score (nSPS) is 11.9. The largest absolute Gasteiger partial charge is 0.497 e. The number of aliphatic hydroxyl groups excluding tert-OH is 1. The predicted molar refractivity (Wildman–Crippen MR) is 113 cm³/mol. The van der Waals surface area contributed by atoms with Crippen molar-refractivity contribution in [2.45, 2.75) is 19.4 Å². The van der Waals surface area contributed by atoms with Gasteiger partial charge in [0.05, 0.1) is 13.7 Å². The second-order valence-electron chi connectivity index (χ2n) is 6.56. The van der Waals surface area contributed by atoms with E-state index < -0.39 is 18.1 Å². The third kappa shape index (κ3) is 8.00. The van der Waals surface area contributed by atoms with Crippen LogP contribution in [0.4, 0.5) is 10.5 Å². The van der Waals surface area contributed by atoms with Crippen molar-refractivity contribution >= 4 is 17.7 Å². The molecular weight excluding hydrogens is 404 g/mol. The summed E-state index contributed by atoms with van der Waals surface area (Å²) in [4.78, 5) is 23.9. The van der Waals surface area contributed by atoms with Crippen LogP contribution in [-0.2, 0) is 9.53 Å². The molecule has 0 bridgehead atoms. The van der Waals surface area contributed by atoms with Gasteiger partial charge in [0.2, 0.25) is 0 Å². The predicted octanol–water partition coefficient (Wildman–Crippen LogP) is 3.20. The number of hydrogen-bond acceptors (Lipinski definition) is 7. The van der Waals surface area contributed by atoms with Crippen LogP contribution in [-0.4, -0.2) is 42.6 Å². The number of amides is 2. The van der Waals surface area contributed by atoms with Crippen molar-refractivity contribution in [3.8, 4) is 11.5 Å². The average Bonchev–Trinajstić information content (AvgIpc) is 2.78. The van der Waals surface area contributed by atoms with Crippen LogP contribution in [0.25, 0.3) is 0 Å². The van der Waals surface area contributed by atoms with E-state index in [2.05, 4.69) is 5.32 Å². The molecule has 4 N–H and O–H groups in total. The topological polar surface area (TPSA) is 126 Å². The molecule has 0 fully saturated rings. The smallest absolute Gasteiger partial charge is 0.412 e. The summed E-state index contributed by atoms with van der Waals surface area (Å²) in [7, 11) is 1.55. The van der Waals surface area contributed by atoms with Gasteiger partial charge in [0.25, 0.3) is 5.91 Å². The van der Waals surface area contributed by atoms with Gasteiger partial charge in [0, 0.05) is 18.2 Å². The molecule has 2 rings (SSSR count). The van der Waals surface area contributed by atoms with Crippen LogP contribution in [0.15, 0.2) is 60.2 Å². The van der Waals surface area contributed by atoms with Crippen molar-refractivity contribution in [3.63, 3.8) is 0 Å². The maximum absolute atomic E-state index is 12.5. The van der Waals surface area contributed by atoms with Gasteiger partial charge in [-0.15, -0.1) is 0 Å². The number of rotatable bonds is 10. The first-order valence-electron chi connectivity index (χ1n) is 9.51. The summed E-state index contributed by atoms with van der Waals surface area (Å²) in [6.45, 7) is 1.75. The molecule has 31 heavy (non-hydrogen) atoms. The quantitative estimate of drug-likeness (QED) is 0.259. The Hall–Kier alpha value is -3.56. The summed E-state index contributed by atoms with van der Waals surface area (Å²) in [5.41, 5.74) is 3.34. The maximum atomic E-state index is 12.5. The van der Waals surface area contributed by atoms with Crippen molar-refractivity contribution in [1.29, 1.82) is 0 Å². The lowest BCUT2D eigenvalue weighted by Crippen LogP contribution is -2.19. The van der Waals surface area contributed by atoms with Crippen LogP contribution in [0.1, 0.15) is 25.0 Å². The summed E-state index contributed by atoms with van der Waals surface area (Å²) in [5, 5.41) is 20.2. The molecule has 0 aliphatic carbocycles. The molecule has 166 valence electrons. The Bertz CT molecular complexity index is 880. The molecule has 0 aliphatic heterocycles. The number of aliphatic hydroxyl groups is 1. The highest BCUT2D eigenvalue weighted by atomic mass is 16.6. The van der Waals surface area contributed by atoms with E-state index >= 15 is 0 Å². The van der Waals surface area contributed by atoms with E-state index in [1.165, 1.54) is 11.6 Å². The van der Waals surface area contributed by atoms with Gasteiger partial charge in [-0.05, 0) is 48.9 Å². The number of benzene rings is 2. The van der Waals surface area contributed by atoms with E-state index in [1.807, 2.05) is 0 Å². The number of hydroxylamine groups is 1. The van der Waals surface area contributed by atoms with Crippen LogP contribution in [0.2, 0.25) is 0 Å². The Morgan fingerprint density at radius 3 is 2.29 bits per heavy atom. The van der Waals surface area contributed by atoms with E-state index in [0.717, 1.165) is 0 Å². The minimum Gasteiger partial charge on any atom is -0.497 e. The first-order chi connectivity index (χ1) is 14.9. The molecule has 0 saturated carbocycles. The first-order valence-corrected chi connectivity index (χ1v) is 9.51. The van der Waals surface area contributed by atoms with Crippen molar-refractivity contribution < 1.29 is 34.1 Å². The number of carbonyl (C=O) groups is 2. The Morgan fingerprint density at radius 2 is 1.71 bits per heavy atom. The van der Waals surface area contributed by atoms with Crippen molar-refractivity contribution in [1.82, 2.24) is 5.48 Å². The van der Waals surface area contributed by atoms with Crippen molar-refractivity contribution in [3.05, 3.63) is 65.7 Å². The summed E-state index contributed by atoms with van der Waals surface area (Å²) in [6, 6.07) is 13.6. The summed E-state index contributed by atoms with van der Waals surface area (Å²) in [5.74, 6) is 0.543. The molecule has 2 aromatic carbocycles. The van der Waals surface area contributed by atoms with Gasteiger partial charge >= 0.3 is 6.09 Å². The average molecular weight is 430 g/mol. The second kappa shape index (κ2) is 12.2. The Morgan fingerprint density at radius 1 is 1.06 bits per heavy atom. The molecule has 0 aliphatic rings. The minimum absolute atomic E-state index is 0.101. The zero-order valence-corrected chi connectivity index (χ0v) is 17.3. The Balaban J connectivity index is 2.14. The zero-order chi connectivity index (χ0) is 22.6. The molecule has 1 atom stereocenters. The standard InChI is InChI=1S/C22H26N2O7/c1-15(14-21(26)24-28)13-20(16-3-7-19(8-4-16)30-12-11-25)31-22(27)23-17-5-9-18(29-2)10-6-17/h3-10,14,20,25,28H,11-13H2,1-2H3,(H,23,27)(H,24,26)/b15-14+/t20-/m0/s1. The van der Waals surface area contributed by atoms with Crippen molar-refractivity contribution in [2.75, 3.05) is 25.6 Å². The fourth-order valence-electron chi connectivity index (χ4n) is 2.73. The lowest BCUT2D eigenvalue weighted by molar-refractivity contribution is -0.124. The van der Waals surface area contributed by atoms with E-state index in [0.29, 0.717) is 28.3 Å². The molecule has 0 heterocycles. The van der Waals surface area contributed by atoms with Crippen LogP contribution in [0.5, 0.6) is 11.5 Å². The fraction of sp³-hybridized carbons (Fsp3) is 0.273. The van der Waals surface area contributed by atoms with Crippen LogP contribution >= 0.6 is 0 Å². The number of methoxy groups -OCH3 is 1. The number of ether oxygens (including phenoxy) is 3. The summed E-state index contributed by atoms with van der Waals surface area (Å²) < 4.78 is 16.0. The highest BCUT2D eigenvalue weighted by molar-refractivity contribution is 5.87. The van der Waals surface area contributed by atoms with Gasteiger partial charge in [0.15, 0.2) is 0 Å².